The number of rotatable bonds is 4. The number of fused-ring (bicyclic) bond motifs is 1. The summed E-state index contributed by atoms with van der Waals surface area (Å²) in [5, 5.41) is 10.5. The van der Waals surface area contributed by atoms with Crippen LogP contribution >= 0.6 is 23.6 Å². The summed E-state index contributed by atoms with van der Waals surface area (Å²) in [7, 11) is 0. The van der Waals surface area contributed by atoms with Crippen molar-refractivity contribution in [2.45, 2.75) is 19.8 Å². The molecule has 0 spiro atoms. The van der Waals surface area contributed by atoms with Crippen molar-refractivity contribution in [2.24, 2.45) is 0 Å². The molecule has 2 aromatic rings. The summed E-state index contributed by atoms with van der Waals surface area (Å²) in [6, 6.07) is 8.43. The second kappa shape index (κ2) is 5.98. The highest BCUT2D eigenvalue weighted by atomic mass is 32.1. The normalized spacial score (nSPS) is 10.4. The van der Waals surface area contributed by atoms with Crippen LogP contribution in [-0.4, -0.2) is 11.7 Å². The Kier molecular flexibility index (Phi) is 4.34. The average molecular weight is 264 g/mol. The van der Waals surface area contributed by atoms with E-state index in [1.165, 1.54) is 16.5 Å². The van der Waals surface area contributed by atoms with Crippen molar-refractivity contribution in [3.63, 3.8) is 0 Å². The van der Waals surface area contributed by atoms with Gasteiger partial charge in [-0.3, -0.25) is 0 Å². The molecule has 0 unspecified atom stereocenters. The summed E-state index contributed by atoms with van der Waals surface area (Å²) in [6.45, 7) is 3.10. The van der Waals surface area contributed by atoms with E-state index >= 15 is 0 Å². The lowest BCUT2D eigenvalue weighted by Crippen LogP contribution is -2.29. The maximum atomic E-state index is 5.23. The van der Waals surface area contributed by atoms with Crippen LogP contribution in [0.3, 0.4) is 0 Å². The Morgan fingerprint density at radius 2 is 2.24 bits per heavy atom. The van der Waals surface area contributed by atoms with Crippen molar-refractivity contribution in [1.29, 1.82) is 0 Å². The third-order valence-corrected chi connectivity index (χ3v) is 3.67. The van der Waals surface area contributed by atoms with E-state index in [1.54, 1.807) is 11.3 Å². The van der Waals surface area contributed by atoms with Crippen LogP contribution < -0.4 is 10.6 Å². The number of hydrogen-bond acceptors (Lipinski definition) is 2. The van der Waals surface area contributed by atoms with E-state index in [0.29, 0.717) is 5.11 Å². The zero-order chi connectivity index (χ0) is 12.1. The summed E-state index contributed by atoms with van der Waals surface area (Å²) in [5.74, 6) is 0. The molecule has 0 amide bonds. The molecule has 0 aliphatic heterocycles. The van der Waals surface area contributed by atoms with Crippen LogP contribution in [0.2, 0.25) is 0 Å². The van der Waals surface area contributed by atoms with Crippen molar-refractivity contribution in [2.75, 3.05) is 11.9 Å². The lowest BCUT2D eigenvalue weighted by molar-refractivity contribution is 0.758. The zero-order valence-corrected chi connectivity index (χ0v) is 11.5. The van der Waals surface area contributed by atoms with Gasteiger partial charge in [0.15, 0.2) is 5.11 Å². The monoisotopic (exact) mass is 264 g/mol. The number of benzene rings is 1. The van der Waals surface area contributed by atoms with Crippen molar-refractivity contribution in [1.82, 2.24) is 5.32 Å². The topological polar surface area (TPSA) is 24.1 Å². The second-order valence-corrected chi connectivity index (χ2v) is 5.26. The molecule has 2 nitrogen and oxygen atoms in total. The quantitative estimate of drug-likeness (QED) is 0.645. The van der Waals surface area contributed by atoms with E-state index in [4.69, 9.17) is 12.2 Å². The summed E-state index contributed by atoms with van der Waals surface area (Å²) in [6.07, 6.45) is 2.32. The van der Waals surface area contributed by atoms with E-state index in [0.717, 1.165) is 18.7 Å². The van der Waals surface area contributed by atoms with Gasteiger partial charge in [-0.2, -0.15) is 0 Å². The lowest BCUT2D eigenvalue weighted by atomic mass is 10.2. The van der Waals surface area contributed by atoms with Gasteiger partial charge in [-0.1, -0.05) is 13.3 Å². The van der Waals surface area contributed by atoms with Crippen LogP contribution in [0.1, 0.15) is 19.8 Å². The summed E-state index contributed by atoms with van der Waals surface area (Å²) < 4.78 is 1.31. The van der Waals surface area contributed by atoms with E-state index in [-0.39, 0.29) is 0 Å². The van der Waals surface area contributed by atoms with Crippen LogP contribution in [0.5, 0.6) is 0 Å². The molecule has 0 fully saturated rings. The largest absolute Gasteiger partial charge is 0.362 e. The lowest BCUT2D eigenvalue weighted by Gasteiger charge is -2.10. The van der Waals surface area contributed by atoms with Gasteiger partial charge in [-0.05, 0) is 53.7 Å². The van der Waals surface area contributed by atoms with Gasteiger partial charge >= 0.3 is 0 Å². The maximum Gasteiger partial charge on any atom is 0.170 e. The van der Waals surface area contributed by atoms with E-state index in [9.17, 15) is 0 Å². The van der Waals surface area contributed by atoms with Gasteiger partial charge in [0.05, 0.1) is 0 Å². The Balaban J connectivity index is 1.95. The highest BCUT2D eigenvalue weighted by Gasteiger charge is 1.99. The van der Waals surface area contributed by atoms with Crippen LogP contribution in [0, 0.1) is 0 Å². The Labute approximate surface area is 111 Å². The fraction of sp³-hybridized carbons (Fsp3) is 0.308. The van der Waals surface area contributed by atoms with E-state index in [1.807, 2.05) is 0 Å². The minimum Gasteiger partial charge on any atom is -0.362 e. The minimum atomic E-state index is 0.702. The van der Waals surface area contributed by atoms with E-state index in [2.05, 4.69) is 47.2 Å². The van der Waals surface area contributed by atoms with Gasteiger partial charge in [-0.15, -0.1) is 11.3 Å². The Morgan fingerprint density at radius 3 is 3.06 bits per heavy atom. The zero-order valence-electron chi connectivity index (χ0n) is 9.82. The number of thiocarbonyl (C=S) groups is 1. The fourth-order valence-electron chi connectivity index (χ4n) is 1.60. The second-order valence-electron chi connectivity index (χ2n) is 3.91. The van der Waals surface area contributed by atoms with Crippen molar-refractivity contribution in [3.05, 3.63) is 29.6 Å². The molecule has 0 radical (unpaired) electrons. The number of hydrogen-bond donors (Lipinski definition) is 2. The molecule has 0 aliphatic rings. The molecule has 2 N–H and O–H groups in total. The van der Waals surface area contributed by atoms with E-state index < -0.39 is 0 Å². The molecule has 1 heterocycles. The molecule has 1 aromatic heterocycles. The molecule has 0 saturated heterocycles. The fourth-order valence-corrected chi connectivity index (χ4v) is 2.59. The third kappa shape index (κ3) is 3.41. The average Bonchev–Trinajstić information content (AvgIpc) is 2.76. The van der Waals surface area contributed by atoms with Gasteiger partial charge in [0, 0.05) is 16.9 Å². The maximum absolute atomic E-state index is 5.23. The third-order valence-electron chi connectivity index (χ3n) is 2.53. The molecule has 0 bridgehead atoms. The molecule has 2 rings (SSSR count). The summed E-state index contributed by atoms with van der Waals surface area (Å²) >= 11 is 6.99. The minimum absolute atomic E-state index is 0.702. The molecule has 0 atom stereocenters. The first-order valence-corrected chi connectivity index (χ1v) is 7.10. The Bertz CT molecular complexity index is 505. The first-order chi connectivity index (χ1) is 8.29. The smallest absolute Gasteiger partial charge is 0.170 e. The molecular weight excluding hydrogens is 248 g/mol. The van der Waals surface area contributed by atoms with Crippen LogP contribution in [0.4, 0.5) is 5.69 Å². The highest BCUT2D eigenvalue weighted by molar-refractivity contribution is 7.80. The Morgan fingerprint density at radius 1 is 1.35 bits per heavy atom. The SMILES string of the molecule is CCCCNC(=S)Nc1ccc2sccc2c1. The number of anilines is 1. The number of unbranched alkanes of at least 4 members (excludes halogenated alkanes) is 1. The van der Waals surface area contributed by atoms with Gasteiger partial charge in [0.25, 0.3) is 0 Å². The molecule has 17 heavy (non-hydrogen) atoms. The molecule has 90 valence electrons. The van der Waals surface area contributed by atoms with Crippen molar-refractivity contribution >= 4 is 44.4 Å². The molecule has 4 heteroatoms. The highest BCUT2D eigenvalue weighted by Crippen LogP contribution is 2.23. The van der Waals surface area contributed by atoms with Gasteiger partial charge in [-0.25, -0.2) is 0 Å². The van der Waals surface area contributed by atoms with Gasteiger partial charge < -0.3 is 10.6 Å². The van der Waals surface area contributed by atoms with Crippen LogP contribution in [0.15, 0.2) is 29.6 Å². The molecule has 0 saturated carbocycles. The Hall–Kier alpha value is -1.13. The molecule has 0 aliphatic carbocycles. The van der Waals surface area contributed by atoms with Crippen molar-refractivity contribution < 1.29 is 0 Å². The van der Waals surface area contributed by atoms with Crippen molar-refractivity contribution in [3.8, 4) is 0 Å². The van der Waals surface area contributed by atoms with Gasteiger partial charge in [0.2, 0.25) is 0 Å². The first kappa shape index (κ1) is 12.3. The predicted molar refractivity (Wildman–Crippen MR) is 81.0 cm³/mol. The summed E-state index contributed by atoms with van der Waals surface area (Å²) in [4.78, 5) is 0. The van der Waals surface area contributed by atoms with Crippen LogP contribution in [-0.2, 0) is 0 Å². The predicted octanol–water partition coefficient (Wildman–Crippen LogP) is 3.99. The first-order valence-electron chi connectivity index (χ1n) is 5.81. The van der Waals surface area contributed by atoms with Crippen LogP contribution in [0.25, 0.3) is 10.1 Å². The standard InChI is InChI=1S/C13H16N2S2/c1-2-3-7-14-13(16)15-11-4-5-12-10(9-11)6-8-17-12/h4-6,8-9H,2-3,7H2,1H3,(H2,14,15,16). The number of thiophene rings is 1. The van der Waals surface area contributed by atoms with Gasteiger partial charge in [0.1, 0.15) is 0 Å². The molecular formula is C13H16N2S2. The number of nitrogens with one attached hydrogen (secondary N) is 2. The molecule has 1 aromatic carbocycles. The summed E-state index contributed by atoms with van der Waals surface area (Å²) in [5.41, 5.74) is 1.05.